The summed E-state index contributed by atoms with van der Waals surface area (Å²) in [6.45, 7) is 0.906. The van der Waals surface area contributed by atoms with Crippen LogP contribution in [0.5, 0.6) is 0 Å². The second-order valence-corrected chi connectivity index (χ2v) is 4.66. The summed E-state index contributed by atoms with van der Waals surface area (Å²) in [4.78, 5) is 0. The summed E-state index contributed by atoms with van der Waals surface area (Å²) >= 11 is 0. The van der Waals surface area contributed by atoms with Crippen molar-refractivity contribution in [3.63, 3.8) is 0 Å². The predicted octanol–water partition coefficient (Wildman–Crippen LogP) is 2.43. The smallest absolute Gasteiger partial charge is 0.0556 e. The fraction of sp³-hybridized carbons (Fsp3) is 0.571. The number of nitrogens with one attached hydrogen (secondary N) is 1. The van der Waals surface area contributed by atoms with Crippen molar-refractivity contribution in [1.82, 2.24) is 5.32 Å². The first-order chi connectivity index (χ1) is 7.87. The molecule has 0 aliphatic heterocycles. The van der Waals surface area contributed by atoms with Crippen LogP contribution in [0.1, 0.15) is 37.7 Å². The molecule has 0 amide bonds. The van der Waals surface area contributed by atoms with Gasteiger partial charge in [0.05, 0.1) is 6.61 Å². The SMILES string of the molecule is OCCNC1(c2ccccc2)CCCCC1. The van der Waals surface area contributed by atoms with Crippen LogP contribution in [0.15, 0.2) is 30.3 Å². The zero-order valence-electron chi connectivity index (χ0n) is 9.78. The van der Waals surface area contributed by atoms with Gasteiger partial charge in [-0.05, 0) is 18.4 Å². The van der Waals surface area contributed by atoms with Gasteiger partial charge < -0.3 is 10.4 Å². The van der Waals surface area contributed by atoms with Crippen LogP contribution in [0.25, 0.3) is 0 Å². The molecule has 88 valence electrons. The van der Waals surface area contributed by atoms with Crippen molar-refractivity contribution in [2.45, 2.75) is 37.6 Å². The third kappa shape index (κ3) is 2.45. The van der Waals surface area contributed by atoms with E-state index in [1.165, 1.54) is 37.7 Å². The van der Waals surface area contributed by atoms with Crippen LogP contribution in [-0.4, -0.2) is 18.3 Å². The third-order valence-electron chi connectivity index (χ3n) is 3.61. The molecule has 2 rings (SSSR count). The molecule has 1 aliphatic carbocycles. The highest BCUT2D eigenvalue weighted by Crippen LogP contribution is 2.36. The molecule has 2 nitrogen and oxygen atoms in total. The van der Waals surface area contributed by atoms with Gasteiger partial charge in [-0.15, -0.1) is 0 Å². The Bertz CT molecular complexity index is 304. The van der Waals surface area contributed by atoms with E-state index in [0.29, 0.717) is 6.54 Å². The van der Waals surface area contributed by atoms with Crippen molar-refractivity contribution >= 4 is 0 Å². The van der Waals surface area contributed by atoms with Crippen molar-refractivity contribution in [1.29, 1.82) is 0 Å². The lowest BCUT2D eigenvalue weighted by atomic mass is 9.76. The van der Waals surface area contributed by atoms with E-state index in [-0.39, 0.29) is 12.1 Å². The van der Waals surface area contributed by atoms with Gasteiger partial charge in [0.1, 0.15) is 0 Å². The topological polar surface area (TPSA) is 32.3 Å². The van der Waals surface area contributed by atoms with Crippen LogP contribution in [0.3, 0.4) is 0 Å². The number of benzene rings is 1. The molecule has 0 atom stereocenters. The molecule has 0 aromatic heterocycles. The van der Waals surface area contributed by atoms with Crippen LogP contribution in [-0.2, 0) is 5.54 Å². The number of hydrogen-bond acceptors (Lipinski definition) is 2. The Morgan fingerprint density at radius 2 is 1.75 bits per heavy atom. The minimum atomic E-state index is 0.113. The zero-order valence-corrected chi connectivity index (χ0v) is 9.78. The number of aliphatic hydroxyl groups is 1. The maximum Gasteiger partial charge on any atom is 0.0556 e. The van der Waals surface area contributed by atoms with E-state index in [0.717, 1.165) is 0 Å². The van der Waals surface area contributed by atoms with Gasteiger partial charge >= 0.3 is 0 Å². The molecule has 1 fully saturated rings. The summed E-state index contributed by atoms with van der Waals surface area (Å²) < 4.78 is 0. The van der Waals surface area contributed by atoms with Gasteiger partial charge in [0.15, 0.2) is 0 Å². The van der Waals surface area contributed by atoms with Crippen LogP contribution in [0, 0.1) is 0 Å². The quantitative estimate of drug-likeness (QED) is 0.815. The van der Waals surface area contributed by atoms with E-state index < -0.39 is 0 Å². The summed E-state index contributed by atoms with van der Waals surface area (Å²) in [5.74, 6) is 0. The lowest BCUT2D eigenvalue weighted by Crippen LogP contribution is -2.45. The standard InChI is InChI=1S/C14H21NO/c16-12-11-15-14(9-5-2-6-10-14)13-7-3-1-4-8-13/h1,3-4,7-8,15-16H,2,5-6,9-12H2. The minimum absolute atomic E-state index is 0.113. The summed E-state index contributed by atoms with van der Waals surface area (Å²) in [5, 5.41) is 12.5. The van der Waals surface area contributed by atoms with Gasteiger partial charge in [0.25, 0.3) is 0 Å². The average Bonchev–Trinajstić information content (AvgIpc) is 2.38. The van der Waals surface area contributed by atoms with Gasteiger partial charge in [0.2, 0.25) is 0 Å². The highest BCUT2D eigenvalue weighted by Gasteiger charge is 2.32. The fourth-order valence-corrected chi connectivity index (χ4v) is 2.78. The minimum Gasteiger partial charge on any atom is -0.395 e. The van der Waals surface area contributed by atoms with E-state index >= 15 is 0 Å². The molecule has 2 heteroatoms. The Morgan fingerprint density at radius 1 is 1.06 bits per heavy atom. The van der Waals surface area contributed by atoms with Gasteiger partial charge in [-0.3, -0.25) is 0 Å². The predicted molar refractivity (Wildman–Crippen MR) is 66.3 cm³/mol. The number of hydrogen-bond donors (Lipinski definition) is 2. The number of rotatable bonds is 4. The van der Waals surface area contributed by atoms with Crippen molar-refractivity contribution in [3.8, 4) is 0 Å². The number of aliphatic hydroxyl groups excluding tert-OH is 1. The normalized spacial score (nSPS) is 19.6. The van der Waals surface area contributed by atoms with Crippen LogP contribution in [0.2, 0.25) is 0 Å². The summed E-state index contributed by atoms with van der Waals surface area (Å²) in [6, 6.07) is 10.7. The van der Waals surface area contributed by atoms with Crippen molar-refractivity contribution in [2.24, 2.45) is 0 Å². The molecular formula is C14H21NO. The molecule has 1 saturated carbocycles. The van der Waals surface area contributed by atoms with Crippen molar-refractivity contribution in [3.05, 3.63) is 35.9 Å². The Hall–Kier alpha value is -0.860. The maximum atomic E-state index is 9.00. The molecule has 0 radical (unpaired) electrons. The van der Waals surface area contributed by atoms with E-state index in [2.05, 4.69) is 35.6 Å². The molecule has 0 saturated heterocycles. The van der Waals surface area contributed by atoms with E-state index in [9.17, 15) is 0 Å². The van der Waals surface area contributed by atoms with Gasteiger partial charge in [-0.1, -0.05) is 49.6 Å². The van der Waals surface area contributed by atoms with Crippen LogP contribution < -0.4 is 5.32 Å². The Morgan fingerprint density at radius 3 is 2.38 bits per heavy atom. The highest BCUT2D eigenvalue weighted by molar-refractivity contribution is 5.25. The van der Waals surface area contributed by atoms with E-state index in [1.807, 2.05) is 0 Å². The van der Waals surface area contributed by atoms with Crippen molar-refractivity contribution in [2.75, 3.05) is 13.2 Å². The fourth-order valence-electron chi connectivity index (χ4n) is 2.78. The second-order valence-electron chi connectivity index (χ2n) is 4.66. The van der Waals surface area contributed by atoms with Gasteiger partial charge in [-0.25, -0.2) is 0 Å². The molecule has 1 aromatic carbocycles. The highest BCUT2D eigenvalue weighted by atomic mass is 16.3. The molecule has 1 aromatic rings. The molecule has 0 spiro atoms. The maximum absolute atomic E-state index is 9.00. The average molecular weight is 219 g/mol. The molecule has 0 heterocycles. The lowest BCUT2D eigenvalue weighted by Gasteiger charge is -2.39. The van der Waals surface area contributed by atoms with Gasteiger partial charge in [0, 0.05) is 12.1 Å². The van der Waals surface area contributed by atoms with Crippen LogP contribution >= 0.6 is 0 Å². The second kappa shape index (κ2) is 5.46. The Kier molecular flexibility index (Phi) is 3.97. The molecule has 16 heavy (non-hydrogen) atoms. The lowest BCUT2D eigenvalue weighted by molar-refractivity contribution is 0.204. The molecule has 1 aliphatic rings. The zero-order chi connectivity index (χ0) is 11.3. The van der Waals surface area contributed by atoms with E-state index in [1.54, 1.807) is 0 Å². The Balaban J connectivity index is 2.19. The molecule has 2 N–H and O–H groups in total. The summed E-state index contributed by atoms with van der Waals surface area (Å²) in [7, 11) is 0. The first-order valence-corrected chi connectivity index (χ1v) is 6.29. The largest absolute Gasteiger partial charge is 0.395 e. The molecule has 0 bridgehead atoms. The van der Waals surface area contributed by atoms with E-state index in [4.69, 9.17) is 5.11 Å². The monoisotopic (exact) mass is 219 g/mol. The molecular weight excluding hydrogens is 198 g/mol. The first-order valence-electron chi connectivity index (χ1n) is 6.29. The van der Waals surface area contributed by atoms with Crippen molar-refractivity contribution < 1.29 is 5.11 Å². The van der Waals surface area contributed by atoms with Gasteiger partial charge in [-0.2, -0.15) is 0 Å². The third-order valence-corrected chi connectivity index (χ3v) is 3.61. The van der Waals surface area contributed by atoms with Crippen LogP contribution in [0.4, 0.5) is 0 Å². The molecule has 0 unspecified atom stereocenters. The Labute approximate surface area is 97.7 Å². The first kappa shape index (κ1) is 11.6. The summed E-state index contributed by atoms with van der Waals surface area (Å²) in [6.07, 6.45) is 6.30. The summed E-state index contributed by atoms with van der Waals surface area (Å²) in [5.41, 5.74) is 1.49.